The van der Waals surface area contributed by atoms with Crippen molar-refractivity contribution in [1.82, 2.24) is 14.6 Å². The molecule has 0 fully saturated rings. The third-order valence-electron chi connectivity index (χ3n) is 3.69. The molecule has 1 atom stereocenters. The molecule has 1 aromatic heterocycles. The van der Waals surface area contributed by atoms with Crippen molar-refractivity contribution in [2.75, 3.05) is 12.4 Å². The quantitative estimate of drug-likeness (QED) is 0.606. The number of carbonyl (C=O) groups excluding carboxylic acids is 3. The number of para-hydroxylation sites is 1. The lowest BCUT2D eigenvalue weighted by Crippen LogP contribution is -2.41. The molecule has 11 heteroatoms. The van der Waals surface area contributed by atoms with E-state index in [-0.39, 0.29) is 10.6 Å². The molecule has 0 radical (unpaired) electrons. The van der Waals surface area contributed by atoms with E-state index in [0.717, 1.165) is 6.07 Å². The Morgan fingerprint density at radius 2 is 1.79 bits per heavy atom. The highest BCUT2D eigenvalue weighted by Crippen LogP contribution is 2.14. The molecule has 2 aromatic rings. The van der Waals surface area contributed by atoms with Crippen LogP contribution in [0.1, 0.15) is 17.4 Å². The second kappa shape index (κ2) is 8.67. The SMILES string of the molecule is CNS(=O)(=O)c1cc(C(=O)OC(C)C(=O)NC(=O)Nc2ccccc2)n(C)c1. The number of hydrogen-bond donors (Lipinski definition) is 3. The maximum absolute atomic E-state index is 12.2. The first-order chi connectivity index (χ1) is 13.1. The lowest BCUT2D eigenvalue weighted by atomic mass is 10.3. The lowest BCUT2D eigenvalue weighted by Gasteiger charge is -2.13. The molecule has 28 heavy (non-hydrogen) atoms. The van der Waals surface area contributed by atoms with Crippen LogP contribution in [0.15, 0.2) is 47.5 Å². The van der Waals surface area contributed by atoms with Gasteiger partial charge in [0.1, 0.15) is 10.6 Å². The number of rotatable bonds is 6. The van der Waals surface area contributed by atoms with Gasteiger partial charge in [0.25, 0.3) is 5.91 Å². The van der Waals surface area contributed by atoms with E-state index in [4.69, 9.17) is 4.74 Å². The van der Waals surface area contributed by atoms with Gasteiger partial charge >= 0.3 is 12.0 Å². The monoisotopic (exact) mass is 408 g/mol. The van der Waals surface area contributed by atoms with Crippen LogP contribution in [0.5, 0.6) is 0 Å². The van der Waals surface area contributed by atoms with Crippen LogP contribution in [0.3, 0.4) is 0 Å². The molecule has 150 valence electrons. The van der Waals surface area contributed by atoms with Crippen LogP contribution in [0.25, 0.3) is 0 Å². The average molecular weight is 408 g/mol. The van der Waals surface area contributed by atoms with Crippen molar-refractivity contribution < 1.29 is 27.5 Å². The van der Waals surface area contributed by atoms with Crippen molar-refractivity contribution in [1.29, 1.82) is 0 Å². The number of amides is 3. The van der Waals surface area contributed by atoms with Gasteiger partial charge in [-0.15, -0.1) is 0 Å². The van der Waals surface area contributed by atoms with E-state index in [2.05, 4.69) is 15.4 Å². The third-order valence-corrected chi connectivity index (χ3v) is 5.07. The number of ether oxygens (including phenoxy) is 1. The summed E-state index contributed by atoms with van der Waals surface area (Å²) < 4.78 is 32.0. The van der Waals surface area contributed by atoms with Crippen LogP contribution < -0.4 is 15.4 Å². The van der Waals surface area contributed by atoms with Gasteiger partial charge in [0.2, 0.25) is 10.0 Å². The summed E-state index contributed by atoms with van der Waals surface area (Å²) in [5, 5.41) is 4.52. The second-order valence-electron chi connectivity index (χ2n) is 5.74. The van der Waals surface area contributed by atoms with Crippen molar-refractivity contribution in [2.45, 2.75) is 17.9 Å². The minimum atomic E-state index is -3.73. The number of nitrogens with zero attached hydrogens (tertiary/aromatic N) is 1. The summed E-state index contributed by atoms with van der Waals surface area (Å²) >= 11 is 0. The van der Waals surface area contributed by atoms with Crippen LogP contribution in [0.4, 0.5) is 10.5 Å². The number of urea groups is 1. The van der Waals surface area contributed by atoms with Gasteiger partial charge in [-0.2, -0.15) is 0 Å². The number of esters is 1. The number of aryl methyl sites for hydroxylation is 1. The highest BCUT2D eigenvalue weighted by atomic mass is 32.2. The Morgan fingerprint density at radius 3 is 2.39 bits per heavy atom. The minimum absolute atomic E-state index is 0.0674. The molecule has 0 saturated heterocycles. The molecular formula is C17H20N4O6S. The predicted molar refractivity (Wildman–Crippen MR) is 100 cm³/mol. The number of aromatic nitrogens is 1. The lowest BCUT2D eigenvalue weighted by molar-refractivity contribution is -0.127. The van der Waals surface area contributed by atoms with Crippen LogP contribution in [-0.2, 0) is 26.6 Å². The van der Waals surface area contributed by atoms with E-state index in [9.17, 15) is 22.8 Å². The first-order valence-corrected chi connectivity index (χ1v) is 9.60. The zero-order valence-electron chi connectivity index (χ0n) is 15.4. The van der Waals surface area contributed by atoms with E-state index in [1.54, 1.807) is 30.3 Å². The number of anilines is 1. The first-order valence-electron chi connectivity index (χ1n) is 8.12. The van der Waals surface area contributed by atoms with Crippen molar-refractivity contribution >= 4 is 33.6 Å². The standard InChI is InChI=1S/C17H20N4O6S/c1-11(15(22)20-17(24)19-12-7-5-4-6-8-12)27-16(23)14-9-13(10-21(14)3)28(25,26)18-2/h4-11,18H,1-3H3,(H2,19,20,22,24). The molecule has 1 aromatic carbocycles. The zero-order chi connectivity index (χ0) is 20.9. The van der Waals surface area contributed by atoms with Gasteiger partial charge in [-0.25, -0.2) is 22.7 Å². The number of sulfonamides is 1. The van der Waals surface area contributed by atoms with Gasteiger partial charge in [0, 0.05) is 18.9 Å². The summed E-state index contributed by atoms with van der Waals surface area (Å²) in [6.45, 7) is 1.29. The van der Waals surface area contributed by atoms with Crippen LogP contribution in [-0.4, -0.2) is 44.0 Å². The fourth-order valence-electron chi connectivity index (χ4n) is 2.17. The largest absolute Gasteiger partial charge is 0.448 e. The molecule has 0 aliphatic rings. The summed E-state index contributed by atoms with van der Waals surface area (Å²) in [6.07, 6.45) is -0.0474. The van der Waals surface area contributed by atoms with Crippen LogP contribution >= 0.6 is 0 Å². The highest BCUT2D eigenvalue weighted by molar-refractivity contribution is 7.89. The Labute approximate surface area is 161 Å². The fraction of sp³-hybridized carbons (Fsp3) is 0.235. The molecule has 0 spiro atoms. The summed E-state index contributed by atoms with van der Waals surface area (Å²) in [6, 6.07) is 8.82. The normalized spacial score (nSPS) is 12.1. The molecule has 0 aliphatic carbocycles. The molecule has 1 unspecified atom stereocenters. The van der Waals surface area contributed by atoms with Crippen molar-refractivity contribution in [3.8, 4) is 0 Å². The summed E-state index contributed by atoms with van der Waals surface area (Å²) in [5.41, 5.74) is 0.418. The van der Waals surface area contributed by atoms with Gasteiger partial charge in [-0.05, 0) is 32.2 Å². The van der Waals surface area contributed by atoms with E-state index in [1.807, 2.05) is 0 Å². The molecule has 3 amide bonds. The third kappa shape index (κ3) is 5.18. The van der Waals surface area contributed by atoms with E-state index in [0.29, 0.717) is 5.69 Å². The van der Waals surface area contributed by atoms with E-state index >= 15 is 0 Å². The number of benzene rings is 1. The maximum Gasteiger partial charge on any atom is 0.355 e. The second-order valence-corrected chi connectivity index (χ2v) is 7.62. The zero-order valence-corrected chi connectivity index (χ0v) is 16.2. The number of nitrogens with one attached hydrogen (secondary N) is 3. The molecule has 10 nitrogen and oxygen atoms in total. The Morgan fingerprint density at radius 1 is 1.14 bits per heavy atom. The highest BCUT2D eigenvalue weighted by Gasteiger charge is 2.24. The maximum atomic E-state index is 12.2. The van der Waals surface area contributed by atoms with Crippen LogP contribution in [0, 0.1) is 0 Å². The van der Waals surface area contributed by atoms with Gasteiger partial charge in [-0.1, -0.05) is 18.2 Å². The van der Waals surface area contributed by atoms with Gasteiger partial charge in [0.05, 0.1) is 0 Å². The van der Waals surface area contributed by atoms with Crippen molar-refractivity contribution in [3.63, 3.8) is 0 Å². The first kappa shape index (κ1) is 21.1. The number of carbonyl (C=O) groups is 3. The number of imide groups is 1. The van der Waals surface area contributed by atoms with Crippen LogP contribution in [0.2, 0.25) is 0 Å². The average Bonchev–Trinajstić information content (AvgIpc) is 3.05. The molecule has 0 saturated carbocycles. The topological polar surface area (TPSA) is 136 Å². The summed E-state index contributed by atoms with van der Waals surface area (Å²) in [7, 11) is -1.03. The van der Waals surface area contributed by atoms with Gasteiger partial charge in [0.15, 0.2) is 6.10 Å². The van der Waals surface area contributed by atoms with Crippen molar-refractivity contribution in [2.24, 2.45) is 7.05 Å². The molecule has 0 bridgehead atoms. The van der Waals surface area contributed by atoms with Gasteiger partial charge in [-0.3, -0.25) is 10.1 Å². The molecule has 3 N–H and O–H groups in total. The molecule has 1 heterocycles. The van der Waals surface area contributed by atoms with Crippen molar-refractivity contribution in [3.05, 3.63) is 48.3 Å². The fourth-order valence-corrected chi connectivity index (χ4v) is 2.97. The summed E-state index contributed by atoms with van der Waals surface area (Å²) in [4.78, 5) is 36.0. The van der Waals surface area contributed by atoms with Gasteiger partial charge < -0.3 is 14.6 Å². The Hall–Kier alpha value is -3.18. The molecule has 0 aliphatic heterocycles. The number of hydrogen-bond acceptors (Lipinski definition) is 6. The minimum Gasteiger partial charge on any atom is -0.448 e. The Bertz CT molecular complexity index is 984. The van der Waals surface area contributed by atoms with E-state index in [1.165, 1.54) is 31.8 Å². The Kier molecular flexibility index (Phi) is 6.54. The predicted octanol–water partition coefficient (Wildman–Crippen LogP) is 0.827. The van der Waals surface area contributed by atoms with E-state index < -0.39 is 34.0 Å². The Balaban J connectivity index is 1.98. The molecule has 2 rings (SSSR count). The smallest absolute Gasteiger partial charge is 0.355 e. The molecular weight excluding hydrogens is 388 g/mol. The summed E-state index contributed by atoms with van der Waals surface area (Å²) in [5.74, 6) is -1.75.